The van der Waals surface area contributed by atoms with Crippen molar-refractivity contribution in [1.29, 1.82) is 0 Å². The molecule has 1 amide bonds. The summed E-state index contributed by atoms with van der Waals surface area (Å²) in [5.41, 5.74) is 2.31. The number of likely N-dealkylation sites (tertiary alicyclic amines) is 1. The van der Waals surface area contributed by atoms with Crippen LogP contribution in [0.3, 0.4) is 0 Å². The lowest BCUT2D eigenvalue weighted by molar-refractivity contribution is -0.136. The number of carbonyl (C=O) groups is 1. The summed E-state index contributed by atoms with van der Waals surface area (Å²) in [5.74, 6) is 1.40. The second-order valence-corrected chi connectivity index (χ2v) is 8.70. The van der Waals surface area contributed by atoms with Gasteiger partial charge in [-0.15, -0.1) is 0 Å². The molecule has 2 aromatic rings. The van der Waals surface area contributed by atoms with Crippen LogP contribution >= 0.6 is 0 Å². The third-order valence-electron chi connectivity index (χ3n) is 6.47. The van der Waals surface area contributed by atoms with E-state index in [-0.39, 0.29) is 17.6 Å². The first-order valence-corrected chi connectivity index (χ1v) is 11.0. The van der Waals surface area contributed by atoms with Crippen LogP contribution in [0.2, 0.25) is 0 Å². The van der Waals surface area contributed by atoms with Gasteiger partial charge in [-0.25, -0.2) is 4.39 Å². The van der Waals surface area contributed by atoms with Crippen LogP contribution in [-0.4, -0.2) is 55.5 Å². The van der Waals surface area contributed by atoms with E-state index in [9.17, 15) is 9.18 Å². The van der Waals surface area contributed by atoms with E-state index >= 15 is 0 Å². The number of halogens is 1. The summed E-state index contributed by atoms with van der Waals surface area (Å²) in [7, 11) is 1.93. The van der Waals surface area contributed by atoms with Crippen molar-refractivity contribution in [2.45, 2.75) is 25.7 Å². The van der Waals surface area contributed by atoms with Gasteiger partial charge in [-0.1, -0.05) is 30.3 Å². The highest BCUT2D eigenvalue weighted by atomic mass is 19.1. The molecule has 0 N–H and O–H groups in total. The number of carbonyl (C=O) groups excluding carboxylic acids is 1. The number of rotatable bonds is 6. The standard InChI is InChI=1S/C25H31FN2O2/c1-27(25(29)22-16-21-4-2-3-5-24(21)30-18-22)17-20-11-14-28(15-12-20)13-10-19-6-8-23(26)9-7-19/h2-9,20,22H,10-18H2,1H3/t22-/m0/s1. The third-order valence-corrected chi connectivity index (χ3v) is 6.47. The Labute approximate surface area is 178 Å². The minimum absolute atomic E-state index is 0.0827. The molecule has 4 nitrogen and oxygen atoms in total. The Morgan fingerprint density at radius 3 is 2.63 bits per heavy atom. The van der Waals surface area contributed by atoms with Crippen molar-refractivity contribution in [2.75, 3.05) is 39.8 Å². The Morgan fingerprint density at radius 1 is 1.13 bits per heavy atom. The zero-order valence-corrected chi connectivity index (χ0v) is 17.7. The monoisotopic (exact) mass is 410 g/mol. The summed E-state index contributed by atoms with van der Waals surface area (Å²) in [6.07, 6.45) is 3.95. The molecule has 0 aromatic heterocycles. The second kappa shape index (κ2) is 9.61. The largest absolute Gasteiger partial charge is 0.492 e. The molecular weight excluding hydrogens is 379 g/mol. The predicted molar refractivity (Wildman–Crippen MR) is 116 cm³/mol. The highest BCUT2D eigenvalue weighted by Gasteiger charge is 2.29. The quantitative estimate of drug-likeness (QED) is 0.726. The lowest BCUT2D eigenvalue weighted by atomic mass is 9.93. The van der Waals surface area contributed by atoms with Gasteiger partial charge in [-0.3, -0.25) is 4.79 Å². The minimum atomic E-state index is -0.178. The van der Waals surface area contributed by atoms with E-state index in [2.05, 4.69) is 11.0 Å². The molecule has 5 heteroatoms. The number of nitrogens with zero attached hydrogens (tertiary/aromatic N) is 2. The summed E-state index contributed by atoms with van der Waals surface area (Å²) in [4.78, 5) is 17.3. The average Bonchev–Trinajstić information content (AvgIpc) is 2.79. The number of fused-ring (bicyclic) bond motifs is 1. The number of hydrogen-bond acceptors (Lipinski definition) is 3. The molecule has 0 bridgehead atoms. The number of amides is 1. The van der Waals surface area contributed by atoms with Crippen molar-refractivity contribution in [3.8, 4) is 5.75 Å². The van der Waals surface area contributed by atoms with Crippen LogP contribution in [0.25, 0.3) is 0 Å². The van der Waals surface area contributed by atoms with Crippen LogP contribution in [0.15, 0.2) is 48.5 Å². The van der Waals surface area contributed by atoms with E-state index in [0.29, 0.717) is 12.5 Å². The molecule has 2 aromatic carbocycles. The summed E-state index contributed by atoms with van der Waals surface area (Å²) in [5, 5.41) is 0. The highest BCUT2D eigenvalue weighted by Crippen LogP contribution is 2.28. The fraction of sp³-hybridized carbons (Fsp3) is 0.480. The molecule has 2 aliphatic heterocycles. The molecule has 2 heterocycles. The van der Waals surface area contributed by atoms with Gasteiger partial charge >= 0.3 is 0 Å². The number of ether oxygens (including phenoxy) is 1. The van der Waals surface area contributed by atoms with Gasteiger partial charge in [0.05, 0.1) is 5.92 Å². The van der Waals surface area contributed by atoms with Crippen molar-refractivity contribution >= 4 is 5.91 Å². The maximum Gasteiger partial charge on any atom is 0.229 e. The van der Waals surface area contributed by atoms with Crippen molar-refractivity contribution in [3.63, 3.8) is 0 Å². The normalized spacial score (nSPS) is 19.7. The van der Waals surface area contributed by atoms with Gasteiger partial charge in [0.15, 0.2) is 0 Å². The van der Waals surface area contributed by atoms with Gasteiger partial charge < -0.3 is 14.5 Å². The lowest BCUT2D eigenvalue weighted by Crippen LogP contribution is -2.43. The van der Waals surface area contributed by atoms with Crippen LogP contribution in [0.4, 0.5) is 4.39 Å². The summed E-state index contributed by atoms with van der Waals surface area (Å²) in [6, 6.07) is 14.8. The Bertz CT molecular complexity index is 846. The van der Waals surface area contributed by atoms with E-state index in [1.54, 1.807) is 0 Å². The number of benzene rings is 2. The van der Waals surface area contributed by atoms with Gasteiger partial charge in [-0.2, -0.15) is 0 Å². The van der Waals surface area contributed by atoms with Gasteiger partial charge in [0.25, 0.3) is 0 Å². The Hall–Kier alpha value is -2.40. The molecule has 0 aliphatic carbocycles. The Morgan fingerprint density at radius 2 is 1.87 bits per heavy atom. The summed E-state index contributed by atoms with van der Waals surface area (Å²) in [6.45, 7) is 4.43. The maximum atomic E-state index is 13.0. The second-order valence-electron chi connectivity index (χ2n) is 8.70. The molecule has 0 radical (unpaired) electrons. The third kappa shape index (κ3) is 5.20. The first-order valence-electron chi connectivity index (χ1n) is 11.0. The molecule has 4 rings (SSSR count). The molecule has 1 atom stereocenters. The Balaban J connectivity index is 1.20. The van der Waals surface area contributed by atoms with Crippen molar-refractivity contribution in [1.82, 2.24) is 9.80 Å². The van der Waals surface area contributed by atoms with Crippen LogP contribution in [0.5, 0.6) is 5.75 Å². The fourth-order valence-corrected chi connectivity index (χ4v) is 4.61. The van der Waals surface area contributed by atoms with Gasteiger partial charge in [0.1, 0.15) is 18.2 Å². The van der Waals surface area contributed by atoms with Crippen molar-refractivity contribution in [2.24, 2.45) is 11.8 Å². The van der Waals surface area contributed by atoms with E-state index in [0.717, 1.165) is 63.2 Å². The van der Waals surface area contributed by atoms with Crippen molar-refractivity contribution < 1.29 is 13.9 Å². The smallest absolute Gasteiger partial charge is 0.229 e. The van der Waals surface area contributed by atoms with Gasteiger partial charge in [-0.05, 0) is 74.0 Å². The minimum Gasteiger partial charge on any atom is -0.492 e. The molecule has 0 saturated carbocycles. The van der Waals surface area contributed by atoms with Gasteiger partial charge in [0, 0.05) is 20.1 Å². The predicted octanol–water partition coefficient (Wildman–Crippen LogP) is 3.79. The summed E-state index contributed by atoms with van der Waals surface area (Å²) >= 11 is 0. The highest BCUT2D eigenvalue weighted by molar-refractivity contribution is 5.79. The molecular formula is C25H31FN2O2. The van der Waals surface area contributed by atoms with Crippen LogP contribution in [-0.2, 0) is 17.6 Å². The van der Waals surface area contributed by atoms with Crippen molar-refractivity contribution in [3.05, 3.63) is 65.5 Å². The first-order chi connectivity index (χ1) is 14.6. The SMILES string of the molecule is CN(CC1CCN(CCc2ccc(F)cc2)CC1)C(=O)[C@@H]1COc2ccccc2C1. The van der Waals surface area contributed by atoms with E-state index in [1.807, 2.05) is 42.3 Å². The first kappa shape index (κ1) is 20.9. The van der Waals surface area contributed by atoms with E-state index < -0.39 is 0 Å². The molecule has 0 spiro atoms. The molecule has 1 fully saturated rings. The van der Waals surface area contributed by atoms with E-state index in [4.69, 9.17) is 4.74 Å². The summed E-state index contributed by atoms with van der Waals surface area (Å²) < 4.78 is 18.8. The van der Waals surface area contributed by atoms with Crippen LogP contribution in [0.1, 0.15) is 24.0 Å². The number of hydrogen-bond donors (Lipinski definition) is 0. The zero-order valence-electron chi connectivity index (χ0n) is 17.7. The molecule has 1 saturated heterocycles. The molecule has 0 unspecified atom stereocenters. The Kier molecular flexibility index (Phi) is 6.68. The molecule has 160 valence electrons. The average molecular weight is 411 g/mol. The van der Waals surface area contributed by atoms with Gasteiger partial charge in [0.2, 0.25) is 5.91 Å². The topological polar surface area (TPSA) is 32.8 Å². The van der Waals surface area contributed by atoms with E-state index in [1.165, 1.54) is 17.7 Å². The fourth-order valence-electron chi connectivity index (χ4n) is 4.61. The van der Waals surface area contributed by atoms with Crippen LogP contribution < -0.4 is 4.74 Å². The maximum absolute atomic E-state index is 13.0. The number of para-hydroxylation sites is 1. The zero-order chi connectivity index (χ0) is 20.9. The lowest BCUT2D eigenvalue weighted by Gasteiger charge is -2.35. The number of piperidine rings is 1. The van der Waals surface area contributed by atoms with Crippen LogP contribution in [0, 0.1) is 17.7 Å². The molecule has 30 heavy (non-hydrogen) atoms. The molecule has 2 aliphatic rings.